The van der Waals surface area contributed by atoms with E-state index in [4.69, 9.17) is 9.47 Å². The summed E-state index contributed by atoms with van der Waals surface area (Å²) in [5.74, 6) is 1.75. The summed E-state index contributed by atoms with van der Waals surface area (Å²) in [7, 11) is 1.90. The molecule has 0 N–H and O–H groups in total. The van der Waals surface area contributed by atoms with Crippen LogP contribution in [0.2, 0.25) is 0 Å². The summed E-state index contributed by atoms with van der Waals surface area (Å²) in [4.78, 5) is 0. The molecule has 0 spiro atoms. The molecule has 0 saturated carbocycles. The zero-order valence-corrected chi connectivity index (χ0v) is 10.6. The van der Waals surface area contributed by atoms with E-state index in [1.54, 1.807) is 10.9 Å². The van der Waals surface area contributed by atoms with Crippen LogP contribution in [0.25, 0.3) is 0 Å². The number of hydrogen-bond donors (Lipinski definition) is 0. The summed E-state index contributed by atoms with van der Waals surface area (Å²) in [5, 5.41) is 4.07. The van der Waals surface area contributed by atoms with Gasteiger partial charge in [0, 0.05) is 20.3 Å². The Bertz CT molecular complexity index is 319. The van der Waals surface area contributed by atoms with E-state index in [1.165, 1.54) is 25.7 Å². The maximum Gasteiger partial charge on any atom is 0.157 e. The zero-order chi connectivity index (χ0) is 11.9. The monoisotopic (exact) mass is 238 g/mol. The Kier molecular flexibility index (Phi) is 4.86. The Morgan fingerprint density at radius 3 is 2.94 bits per heavy atom. The average molecular weight is 238 g/mol. The van der Waals surface area contributed by atoms with Gasteiger partial charge in [-0.15, -0.1) is 0 Å². The predicted molar refractivity (Wildman–Crippen MR) is 66.1 cm³/mol. The molecule has 0 aliphatic carbocycles. The number of ether oxygens (including phenoxy) is 2. The van der Waals surface area contributed by atoms with Crippen LogP contribution in [0.4, 0.5) is 0 Å². The Balaban J connectivity index is 1.51. The minimum absolute atomic E-state index is 0.801. The van der Waals surface area contributed by atoms with Crippen LogP contribution in [-0.2, 0) is 11.8 Å². The van der Waals surface area contributed by atoms with Crippen molar-refractivity contribution in [1.82, 2.24) is 9.78 Å². The van der Waals surface area contributed by atoms with Gasteiger partial charge in [-0.25, -0.2) is 0 Å². The SMILES string of the molecule is Cn1cc(OCCCCC2CCOCC2)cn1. The Labute approximate surface area is 103 Å². The first-order valence-corrected chi connectivity index (χ1v) is 6.54. The highest BCUT2D eigenvalue weighted by atomic mass is 16.5. The molecule has 1 aliphatic heterocycles. The summed E-state index contributed by atoms with van der Waals surface area (Å²) in [6, 6.07) is 0. The second kappa shape index (κ2) is 6.64. The zero-order valence-electron chi connectivity index (χ0n) is 10.6. The fourth-order valence-corrected chi connectivity index (χ4v) is 2.23. The Hall–Kier alpha value is -1.03. The van der Waals surface area contributed by atoms with E-state index in [1.807, 2.05) is 13.2 Å². The lowest BCUT2D eigenvalue weighted by molar-refractivity contribution is 0.0628. The molecule has 0 aromatic carbocycles. The number of aromatic nitrogens is 2. The van der Waals surface area contributed by atoms with Crippen molar-refractivity contribution in [2.45, 2.75) is 32.1 Å². The van der Waals surface area contributed by atoms with Gasteiger partial charge in [-0.2, -0.15) is 5.10 Å². The van der Waals surface area contributed by atoms with Crippen molar-refractivity contribution in [1.29, 1.82) is 0 Å². The van der Waals surface area contributed by atoms with E-state index in [0.717, 1.165) is 37.9 Å². The highest BCUT2D eigenvalue weighted by Gasteiger charge is 2.12. The molecule has 0 unspecified atom stereocenters. The van der Waals surface area contributed by atoms with Crippen molar-refractivity contribution in [3.05, 3.63) is 12.4 Å². The van der Waals surface area contributed by atoms with E-state index in [0.29, 0.717) is 0 Å². The standard InChI is InChI=1S/C13H22N2O2/c1-15-11-13(10-14-15)17-7-3-2-4-12-5-8-16-9-6-12/h10-12H,2-9H2,1H3. The van der Waals surface area contributed by atoms with Crippen LogP contribution in [0.1, 0.15) is 32.1 Å². The van der Waals surface area contributed by atoms with Crippen LogP contribution in [0.5, 0.6) is 5.75 Å². The van der Waals surface area contributed by atoms with Crippen LogP contribution >= 0.6 is 0 Å². The quantitative estimate of drug-likeness (QED) is 0.714. The normalized spacial score (nSPS) is 17.2. The molecule has 4 heteroatoms. The van der Waals surface area contributed by atoms with E-state index in [9.17, 15) is 0 Å². The van der Waals surface area contributed by atoms with Crippen molar-refractivity contribution in [2.24, 2.45) is 13.0 Å². The molecule has 2 heterocycles. The van der Waals surface area contributed by atoms with Crippen LogP contribution < -0.4 is 4.74 Å². The lowest BCUT2D eigenvalue weighted by Gasteiger charge is -2.21. The van der Waals surface area contributed by atoms with Crippen molar-refractivity contribution in [3.8, 4) is 5.75 Å². The fraction of sp³-hybridized carbons (Fsp3) is 0.769. The number of aryl methyl sites for hydroxylation is 1. The molecule has 0 atom stereocenters. The first-order chi connectivity index (χ1) is 8.34. The summed E-state index contributed by atoms with van der Waals surface area (Å²) < 4.78 is 12.7. The molecule has 1 aliphatic rings. The van der Waals surface area contributed by atoms with Crippen molar-refractivity contribution in [3.63, 3.8) is 0 Å². The fourth-order valence-electron chi connectivity index (χ4n) is 2.23. The molecule has 0 bridgehead atoms. The number of rotatable bonds is 6. The van der Waals surface area contributed by atoms with E-state index in [-0.39, 0.29) is 0 Å². The first-order valence-electron chi connectivity index (χ1n) is 6.54. The number of unbranched alkanes of at least 4 members (excludes halogenated alkanes) is 1. The van der Waals surface area contributed by atoms with Crippen molar-refractivity contribution >= 4 is 0 Å². The van der Waals surface area contributed by atoms with E-state index < -0.39 is 0 Å². The third kappa shape index (κ3) is 4.38. The highest BCUT2D eigenvalue weighted by molar-refractivity contribution is 5.10. The second-order valence-electron chi connectivity index (χ2n) is 4.75. The smallest absolute Gasteiger partial charge is 0.157 e. The van der Waals surface area contributed by atoms with E-state index in [2.05, 4.69) is 5.10 Å². The number of hydrogen-bond acceptors (Lipinski definition) is 3. The second-order valence-corrected chi connectivity index (χ2v) is 4.75. The van der Waals surface area contributed by atoms with Crippen LogP contribution in [0.15, 0.2) is 12.4 Å². The van der Waals surface area contributed by atoms with Crippen LogP contribution in [0.3, 0.4) is 0 Å². The molecular weight excluding hydrogens is 216 g/mol. The van der Waals surface area contributed by atoms with Gasteiger partial charge in [0.2, 0.25) is 0 Å². The minimum Gasteiger partial charge on any atom is -0.490 e. The first kappa shape index (κ1) is 12.4. The summed E-state index contributed by atoms with van der Waals surface area (Å²) in [6.07, 6.45) is 9.85. The molecular formula is C13H22N2O2. The highest BCUT2D eigenvalue weighted by Crippen LogP contribution is 2.20. The molecule has 1 aromatic rings. The summed E-state index contributed by atoms with van der Waals surface area (Å²) >= 11 is 0. The summed E-state index contributed by atoms with van der Waals surface area (Å²) in [5.41, 5.74) is 0. The van der Waals surface area contributed by atoms with Gasteiger partial charge in [0.15, 0.2) is 5.75 Å². The average Bonchev–Trinajstić information content (AvgIpc) is 2.76. The predicted octanol–water partition coefficient (Wildman–Crippen LogP) is 2.40. The van der Waals surface area contributed by atoms with Gasteiger partial charge < -0.3 is 9.47 Å². The van der Waals surface area contributed by atoms with Crippen LogP contribution in [0, 0.1) is 5.92 Å². The molecule has 1 saturated heterocycles. The molecule has 1 aromatic heterocycles. The topological polar surface area (TPSA) is 36.3 Å². The minimum atomic E-state index is 0.801. The van der Waals surface area contributed by atoms with E-state index >= 15 is 0 Å². The van der Waals surface area contributed by atoms with Crippen molar-refractivity contribution in [2.75, 3.05) is 19.8 Å². The van der Waals surface area contributed by atoms with Crippen LogP contribution in [-0.4, -0.2) is 29.6 Å². The van der Waals surface area contributed by atoms with Gasteiger partial charge in [-0.05, 0) is 31.6 Å². The molecule has 0 amide bonds. The maximum atomic E-state index is 5.61. The molecule has 4 nitrogen and oxygen atoms in total. The summed E-state index contributed by atoms with van der Waals surface area (Å²) in [6.45, 7) is 2.71. The molecule has 0 radical (unpaired) electrons. The molecule has 96 valence electrons. The van der Waals surface area contributed by atoms with Gasteiger partial charge in [0.1, 0.15) is 0 Å². The van der Waals surface area contributed by atoms with Gasteiger partial charge >= 0.3 is 0 Å². The lowest BCUT2D eigenvalue weighted by atomic mass is 9.94. The largest absolute Gasteiger partial charge is 0.490 e. The third-order valence-corrected chi connectivity index (χ3v) is 3.30. The third-order valence-electron chi connectivity index (χ3n) is 3.30. The lowest BCUT2D eigenvalue weighted by Crippen LogP contribution is -2.15. The van der Waals surface area contributed by atoms with Gasteiger partial charge in [0.25, 0.3) is 0 Å². The van der Waals surface area contributed by atoms with Gasteiger partial charge in [-0.1, -0.05) is 6.42 Å². The Morgan fingerprint density at radius 1 is 1.41 bits per heavy atom. The van der Waals surface area contributed by atoms with Crippen molar-refractivity contribution < 1.29 is 9.47 Å². The number of nitrogens with zero attached hydrogens (tertiary/aromatic N) is 2. The molecule has 17 heavy (non-hydrogen) atoms. The van der Waals surface area contributed by atoms with Gasteiger partial charge in [-0.3, -0.25) is 4.68 Å². The molecule has 1 fully saturated rings. The Morgan fingerprint density at radius 2 is 2.24 bits per heavy atom. The maximum absolute atomic E-state index is 5.61. The molecule has 2 rings (SSSR count). The van der Waals surface area contributed by atoms with Gasteiger partial charge in [0.05, 0.1) is 19.0 Å².